The minimum Gasteiger partial charge on any atom is -0.291 e. The first-order chi connectivity index (χ1) is 7.61. The smallest absolute Gasteiger partial charge is 0.242 e. The summed E-state index contributed by atoms with van der Waals surface area (Å²) in [5, 5.41) is 0.229. The Bertz CT molecular complexity index is 458. The monoisotopic (exact) mass is 234 g/mol. The number of amides is 2. The summed E-state index contributed by atoms with van der Waals surface area (Å²) in [7, 11) is 1.58. The van der Waals surface area contributed by atoms with Crippen molar-refractivity contribution >= 4 is 34.8 Å². The Morgan fingerprint density at radius 2 is 1.75 bits per heavy atom. The minimum absolute atomic E-state index is 0.133. The van der Waals surface area contributed by atoms with Gasteiger partial charge in [-0.3, -0.25) is 19.4 Å². The third kappa shape index (κ3) is 1.69. The molecule has 82 valence electrons. The highest BCUT2D eigenvalue weighted by atomic mass is 32.1. The number of thiocarbonyl (C=S) groups is 1. The van der Waals surface area contributed by atoms with Crippen molar-refractivity contribution in [3.8, 4) is 0 Å². The topological polar surface area (TPSA) is 40.6 Å². The number of nitrogens with zero attached hydrogens (tertiary/aromatic N) is 2. The molecule has 5 heteroatoms. The van der Waals surface area contributed by atoms with Crippen LogP contribution in [0.4, 0.5) is 5.69 Å². The molecule has 0 saturated carbocycles. The fraction of sp³-hybridized carbons (Fsp3) is 0.182. The summed E-state index contributed by atoms with van der Waals surface area (Å²) in [5.41, 5.74) is 0.692. The number of para-hydroxylation sites is 1. The maximum atomic E-state index is 11.8. The van der Waals surface area contributed by atoms with E-state index in [1.165, 1.54) is 9.80 Å². The van der Waals surface area contributed by atoms with Crippen molar-refractivity contribution in [2.75, 3.05) is 11.9 Å². The van der Waals surface area contributed by atoms with E-state index in [2.05, 4.69) is 0 Å². The number of carbonyl (C=O) groups is 2. The molecule has 1 fully saturated rings. The van der Waals surface area contributed by atoms with Crippen molar-refractivity contribution in [1.29, 1.82) is 0 Å². The highest BCUT2D eigenvalue weighted by Crippen LogP contribution is 2.20. The first-order valence-corrected chi connectivity index (χ1v) is 5.20. The summed E-state index contributed by atoms with van der Waals surface area (Å²) < 4.78 is 0. The lowest BCUT2D eigenvalue weighted by Gasteiger charge is -2.33. The van der Waals surface area contributed by atoms with Crippen LogP contribution in [0.1, 0.15) is 6.42 Å². The van der Waals surface area contributed by atoms with Gasteiger partial charge in [-0.25, -0.2) is 0 Å². The Morgan fingerprint density at radius 1 is 1.12 bits per heavy atom. The molecule has 0 unspecified atom stereocenters. The second-order valence-electron chi connectivity index (χ2n) is 3.48. The average Bonchev–Trinajstić information content (AvgIpc) is 2.28. The maximum Gasteiger partial charge on any atom is 0.242 e. The molecule has 1 heterocycles. The molecule has 1 aliphatic heterocycles. The Hall–Kier alpha value is -1.75. The zero-order valence-corrected chi connectivity index (χ0v) is 9.53. The number of rotatable bonds is 1. The van der Waals surface area contributed by atoms with Crippen LogP contribution >= 0.6 is 12.2 Å². The number of benzene rings is 1. The van der Waals surface area contributed by atoms with E-state index in [0.29, 0.717) is 5.69 Å². The van der Waals surface area contributed by atoms with Crippen LogP contribution in [0.25, 0.3) is 0 Å². The molecule has 2 rings (SSSR count). The third-order valence-corrected chi connectivity index (χ3v) is 2.87. The highest BCUT2D eigenvalue weighted by molar-refractivity contribution is 7.80. The van der Waals surface area contributed by atoms with Gasteiger partial charge in [0.1, 0.15) is 6.42 Å². The summed E-state index contributed by atoms with van der Waals surface area (Å²) in [4.78, 5) is 25.8. The van der Waals surface area contributed by atoms with Crippen LogP contribution in [0.15, 0.2) is 30.3 Å². The van der Waals surface area contributed by atoms with Gasteiger partial charge in [-0.2, -0.15) is 0 Å². The summed E-state index contributed by atoms with van der Waals surface area (Å²) in [6.07, 6.45) is -0.133. The van der Waals surface area contributed by atoms with Crippen molar-refractivity contribution in [3.05, 3.63) is 30.3 Å². The quantitative estimate of drug-likeness (QED) is 0.541. The zero-order valence-electron chi connectivity index (χ0n) is 8.71. The van der Waals surface area contributed by atoms with E-state index in [-0.39, 0.29) is 23.3 Å². The third-order valence-electron chi connectivity index (χ3n) is 2.42. The minimum atomic E-state index is -0.278. The molecule has 0 radical (unpaired) electrons. The Labute approximate surface area is 98.5 Å². The van der Waals surface area contributed by atoms with Crippen LogP contribution in [-0.4, -0.2) is 28.9 Å². The van der Waals surface area contributed by atoms with E-state index in [9.17, 15) is 9.59 Å². The number of hydrogen-bond acceptors (Lipinski definition) is 3. The predicted octanol–water partition coefficient (Wildman–Crippen LogP) is 1.17. The molecule has 16 heavy (non-hydrogen) atoms. The molecule has 0 spiro atoms. The van der Waals surface area contributed by atoms with Crippen molar-refractivity contribution in [1.82, 2.24) is 4.90 Å². The Morgan fingerprint density at radius 3 is 2.38 bits per heavy atom. The first-order valence-electron chi connectivity index (χ1n) is 4.80. The lowest BCUT2D eigenvalue weighted by atomic mass is 10.2. The summed E-state index contributed by atoms with van der Waals surface area (Å²) in [5.74, 6) is -0.540. The van der Waals surface area contributed by atoms with Crippen molar-refractivity contribution in [3.63, 3.8) is 0 Å². The predicted molar refractivity (Wildman–Crippen MR) is 63.9 cm³/mol. The number of hydrogen-bond donors (Lipinski definition) is 0. The van der Waals surface area contributed by atoms with E-state index >= 15 is 0 Å². The summed E-state index contributed by atoms with van der Waals surface area (Å²) in [6.45, 7) is 0. The molecule has 1 saturated heterocycles. The van der Waals surface area contributed by atoms with Crippen molar-refractivity contribution in [2.45, 2.75) is 6.42 Å². The fourth-order valence-corrected chi connectivity index (χ4v) is 1.83. The van der Waals surface area contributed by atoms with Gasteiger partial charge in [0.2, 0.25) is 11.8 Å². The standard InChI is InChI=1S/C11H10N2O2S/c1-12-9(14)7-10(15)13(11(12)16)8-5-3-2-4-6-8/h2-6H,7H2,1H3. The summed E-state index contributed by atoms with van der Waals surface area (Å²) in [6, 6.07) is 9.07. The molecule has 4 nitrogen and oxygen atoms in total. The van der Waals surface area contributed by atoms with Gasteiger partial charge < -0.3 is 0 Å². The maximum absolute atomic E-state index is 11.8. The van der Waals surface area contributed by atoms with E-state index in [1.54, 1.807) is 19.2 Å². The van der Waals surface area contributed by atoms with Crippen LogP contribution in [0.2, 0.25) is 0 Å². The van der Waals surface area contributed by atoms with Crippen LogP contribution in [-0.2, 0) is 9.59 Å². The van der Waals surface area contributed by atoms with E-state index < -0.39 is 0 Å². The second kappa shape index (κ2) is 4.02. The highest BCUT2D eigenvalue weighted by Gasteiger charge is 2.33. The van der Waals surface area contributed by atoms with Gasteiger partial charge in [-0.15, -0.1) is 0 Å². The molecule has 1 aliphatic rings. The van der Waals surface area contributed by atoms with Gasteiger partial charge in [0, 0.05) is 7.05 Å². The molecule has 0 atom stereocenters. The lowest BCUT2D eigenvalue weighted by Crippen LogP contribution is -2.53. The average molecular weight is 234 g/mol. The molecule has 1 aromatic carbocycles. The van der Waals surface area contributed by atoms with Crippen LogP contribution in [0.3, 0.4) is 0 Å². The van der Waals surface area contributed by atoms with E-state index in [0.717, 1.165) is 0 Å². The number of anilines is 1. The molecule has 0 aromatic heterocycles. The second-order valence-corrected chi connectivity index (χ2v) is 3.84. The van der Waals surface area contributed by atoms with E-state index in [1.807, 2.05) is 18.2 Å². The fourth-order valence-electron chi connectivity index (χ4n) is 1.52. The van der Waals surface area contributed by atoms with Gasteiger partial charge in [0.15, 0.2) is 5.11 Å². The van der Waals surface area contributed by atoms with Crippen LogP contribution in [0, 0.1) is 0 Å². The molecular weight excluding hydrogens is 224 g/mol. The van der Waals surface area contributed by atoms with Crippen LogP contribution < -0.4 is 4.90 Å². The van der Waals surface area contributed by atoms with Gasteiger partial charge in [0.25, 0.3) is 0 Å². The first kappa shape index (κ1) is 10.8. The molecule has 1 aromatic rings. The molecule has 0 aliphatic carbocycles. The molecule has 2 amide bonds. The molecule has 0 bridgehead atoms. The normalized spacial score (nSPS) is 16.9. The van der Waals surface area contributed by atoms with Crippen molar-refractivity contribution < 1.29 is 9.59 Å². The Kier molecular flexibility index (Phi) is 2.70. The molecular formula is C11H10N2O2S. The van der Waals surface area contributed by atoms with Crippen LogP contribution in [0.5, 0.6) is 0 Å². The van der Waals surface area contributed by atoms with Gasteiger partial charge in [-0.1, -0.05) is 18.2 Å². The lowest BCUT2D eigenvalue weighted by molar-refractivity contribution is -0.132. The largest absolute Gasteiger partial charge is 0.291 e. The van der Waals surface area contributed by atoms with Gasteiger partial charge >= 0.3 is 0 Å². The SMILES string of the molecule is CN1C(=O)CC(=O)N(c2ccccc2)C1=S. The van der Waals surface area contributed by atoms with Crippen molar-refractivity contribution in [2.24, 2.45) is 0 Å². The summed E-state index contributed by atoms with van der Waals surface area (Å²) >= 11 is 5.10. The Balaban J connectivity index is 2.38. The molecule has 0 N–H and O–H groups in total. The van der Waals surface area contributed by atoms with Gasteiger partial charge in [-0.05, 0) is 24.4 Å². The van der Waals surface area contributed by atoms with Gasteiger partial charge in [0.05, 0.1) is 5.69 Å². The zero-order chi connectivity index (χ0) is 11.7. The van der Waals surface area contributed by atoms with E-state index in [4.69, 9.17) is 12.2 Å². The number of carbonyl (C=O) groups excluding carboxylic acids is 2.